The summed E-state index contributed by atoms with van der Waals surface area (Å²) in [5.41, 5.74) is -0.352. The molecule has 1 rings (SSSR count). The molecular formula is C17H23F3IN3. The predicted octanol–water partition coefficient (Wildman–Crippen LogP) is 3.89. The number of alkyl halides is 3. The predicted molar refractivity (Wildman–Crippen MR) is 103 cm³/mol. The number of aliphatic imine (C=N–C) groups is 1. The fourth-order valence-corrected chi connectivity index (χ4v) is 1.66. The van der Waals surface area contributed by atoms with Crippen molar-refractivity contribution in [3.63, 3.8) is 0 Å². The largest absolute Gasteiger partial charge is 0.416 e. The number of rotatable bonds is 4. The molecule has 3 nitrogen and oxygen atoms in total. The summed E-state index contributed by atoms with van der Waals surface area (Å²) in [6.07, 6.45) is -4.35. The van der Waals surface area contributed by atoms with Crippen molar-refractivity contribution in [2.75, 3.05) is 19.6 Å². The minimum Gasteiger partial charge on any atom is -0.357 e. The van der Waals surface area contributed by atoms with Crippen LogP contribution in [-0.4, -0.2) is 25.6 Å². The van der Waals surface area contributed by atoms with E-state index in [9.17, 15) is 13.2 Å². The summed E-state index contributed by atoms with van der Waals surface area (Å²) >= 11 is 0. The molecule has 0 unspecified atom stereocenters. The molecule has 0 saturated heterocycles. The van der Waals surface area contributed by atoms with E-state index >= 15 is 0 Å². The molecule has 0 aromatic heterocycles. The summed E-state index contributed by atoms with van der Waals surface area (Å²) in [5.74, 6) is 6.63. The standard InChI is InChI=1S/C17H22F3N3.HI/c1-4-21-16(23-12-13(2)3)22-10-6-8-14-7-5-9-15(11-14)17(18,19)20;/h5,7,9,11,13H,4,10,12H2,1-3H3,(H2,21,22,23);1H. The molecule has 0 fully saturated rings. The molecule has 0 amide bonds. The van der Waals surface area contributed by atoms with E-state index < -0.39 is 11.7 Å². The molecule has 0 radical (unpaired) electrons. The third kappa shape index (κ3) is 9.01. The van der Waals surface area contributed by atoms with Crippen LogP contribution in [0.5, 0.6) is 0 Å². The maximum atomic E-state index is 12.6. The van der Waals surface area contributed by atoms with Gasteiger partial charge >= 0.3 is 6.18 Å². The number of nitrogens with zero attached hydrogens (tertiary/aromatic N) is 1. The van der Waals surface area contributed by atoms with Crippen LogP contribution in [0.4, 0.5) is 13.2 Å². The summed E-state index contributed by atoms with van der Waals surface area (Å²) in [6.45, 7) is 7.82. The molecule has 7 heteroatoms. The van der Waals surface area contributed by atoms with Gasteiger partial charge in [-0.25, -0.2) is 0 Å². The number of hydrogen-bond acceptors (Lipinski definition) is 1. The van der Waals surface area contributed by atoms with Gasteiger partial charge in [-0.2, -0.15) is 13.2 Å². The van der Waals surface area contributed by atoms with E-state index in [1.807, 2.05) is 6.92 Å². The Bertz CT molecular complexity index is 587. The lowest BCUT2D eigenvalue weighted by Crippen LogP contribution is -2.37. The average Bonchev–Trinajstić information content (AvgIpc) is 2.48. The molecule has 134 valence electrons. The first-order valence-electron chi connectivity index (χ1n) is 7.51. The molecule has 0 aliphatic heterocycles. The van der Waals surface area contributed by atoms with E-state index in [0.717, 1.165) is 18.7 Å². The van der Waals surface area contributed by atoms with E-state index in [0.29, 0.717) is 30.5 Å². The SMILES string of the molecule is CCNC(=NCC(C)C)NCC#Cc1cccc(C(F)(F)F)c1.I. The highest BCUT2D eigenvalue weighted by Crippen LogP contribution is 2.29. The van der Waals surface area contributed by atoms with Gasteiger partial charge in [-0.1, -0.05) is 31.8 Å². The van der Waals surface area contributed by atoms with Crippen LogP contribution in [0.25, 0.3) is 0 Å². The topological polar surface area (TPSA) is 36.4 Å². The Kier molecular flexibility index (Phi) is 10.5. The van der Waals surface area contributed by atoms with E-state index in [1.54, 1.807) is 6.07 Å². The zero-order valence-corrected chi connectivity index (χ0v) is 16.3. The second kappa shape index (κ2) is 11.2. The van der Waals surface area contributed by atoms with Crippen LogP contribution in [0, 0.1) is 17.8 Å². The van der Waals surface area contributed by atoms with Gasteiger partial charge in [0.05, 0.1) is 12.1 Å². The second-order valence-corrected chi connectivity index (χ2v) is 5.35. The number of benzene rings is 1. The average molecular weight is 453 g/mol. The molecule has 0 heterocycles. The third-order valence-electron chi connectivity index (χ3n) is 2.73. The molecule has 1 aromatic carbocycles. The van der Waals surface area contributed by atoms with Crippen LogP contribution in [0.15, 0.2) is 29.3 Å². The molecule has 0 saturated carbocycles. The van der Waals surface area contributed by atoms with Crippen molar-refractivity contribution in [1.29, 1.82) is 0 Å². The van der Waals surface area contributed by atoms with Gasteiger partial charge in [0.1, 0.15) is 0 Å². The van der Waals surface area contributed by atoms with Gasteiger partial charge in [0.15, 0.2) is 5.96 Å². The Morgan fingerprint density at radius 3 is 2.54 bits per heavy atom. The molecular weight excluding hydrogens is 430 g/mol. The minimum absolute atomic E-state index is 0. The van der Waals surface area contributed by atoms with Gasteiger partial charge < -0.3 is 10.6 Å². The minimum atomic E-state index is -4.35. The summed E-state index contributed by atoms with van der Waals surface area (Å²) < 4.78 is 37.8. The Labute approximate surface area is 158 Å². The van der Waals surface area contributed by atoms with Gasteiger partial charge in [-0.15, -0.1) is 24.0 Å². The van der Waals surface area contributed by atoms with Gasteiger partial charge in [-0.3, -0.25) is 4.99 Å². The Morgan fingerprint density at radius 1 is 1.25 bits per heavy atom. The molecule has 0 bridgehead atoms. The van der Waals surface area contributed by atoms with Gasteiger partial charge in [0, 0.05) is 18.7 Å². The highest BCUT2D eigenvalue weighted by Gasteiger charge is 2.30. The lowest BCUT2D eigenvalue weighted by Gasteiger charge is -2.09. The van der Waals surface area contributed by atoms with Crippen LogP contribution in [0.2, 0.25) is 0 Å². The third-order valence-corrected chi connectivity index (χ3v) is 2.73. The normalized spacial score (nSPS) is 11.4. The first-order chi connectivity index (χ1) is 10.8. The van der Waals surface area contributed by atoms with Gasteiger partial charge in [0.2, 0.25) is 0 Å². The van der Waals surface area contributed by atoms with E-state index in [1.165, 1.54) is 6.07 Å². The lowest BCUT2D eigenvalue weighted by molar-refractivity contribution is -0.137. The molecule has 0 aliphatic rings. The highest BCUT2D eigenvalue weighted by molar-refractivity contribution is 14.0. The Morgan fingerprint density at radius 2 is 1.96 bits per heavy atom. The van der Waals surface area contributed by atoms with E-state index in [4.69, 9.17) is 0 Å². The number of hydrogen-bond donors (Lipinski definition) is 2. The van der Waals surface area contributed by atoms with E-state index in [-0.39, 0.29) is 24.0 Å². The fourth-order valence-electron chi connectivity index (χ4n) is 1.66. The molecule has 24 heavy (non-hydrogen) atoms. The van der Waals surface area contributed by atoms with Crippen LogP contribution >= 0.6 is 24.0 Å². The number of guanidine groups is 1. The van der Waals surface area contributed by atoms with Crippen molar-refractivity contribution in [2.24, 2.45) is 10.9 Å². The summed E-state index contributed by atoms with van der Waals surface area (Å²) in [5, 5.41) is 6.12. The second-order valence-electron chi connectivity index (χ2n) is 5.35. The van der Waals surface area contributed by atoms with Gasteiger partial charge in [-0.05, 0) is 31.0 Å². The quantitative estimate of drug-likeness (QED) is 0.314. The van der Waals surface area contributed by atoms with Crippen molar-refractivity contribution in [3.8, 4) is 11.8 Å². The van der Waals surface area contributed by atoms with E-state index in [2.05, 4.69) is 41.3 Å². The summed E-state index contributed by atoms with van der Waals surface area (Å²) in [6, 6.07) is 4.99. The van der Waals surface area contributed by atoms with Crippen LogP contribution in [-0.2, 0) is 6.18 Å². The Balaban J connectivity index is 0.00000529. The lowest BCUT2D eigenvalue weighted by atomic mass is 10.1. The summed E-state index contributed by atoms with van der Waals surface area (Å²) in [4.78, 5) is 4.38. The van der Waals surface area contributed by atoms with Crippen LogP contribution < -0.4 is 10.6 Å². The first-order valence-corrected chi connectivity index (χ1v) is 7.51. The first kappa shape index (κ1) is 22.6. The molecule has 0 aliphatic carbocycles. The smallest absolute Gasteiger partial charge is 0.357 e. The number of nitrogens with one attached hydrogen (secondary N) is 2. The van der Waals surface area contributed by atoms with Crippen molar-refractivity contribution in [1.82, 2.24) is 10.6 Å². The summed E-state index contributed by atoms with van der Waals surface area (Å²) in [7, 11) is 0. The molecule has 0 atom stereocenters. The monoisotopic (exact) mass is 453 g/mol. The van der Waals surface area contributed by atoms with Gasteiger partial charge in [0.25, 0.3) is 0 Å². The van der Waals surface area contributed by atoms with Crippen molar-refractivity contribution < 1.29 is 13.2 Å². The van der Waals surface area contributed by atoms with Crippen LogP contribution in [0.3, 0.4) is 0 Å². The Hall–Kier alpha value is -1.43. The molecule has 0 spiro atoms. The maximum Gasteiger partial charge on any atom is 0.416 e. The fraction of sp³-hybridized carbons (Fsp3) is 0.471. The van der Waals surface area contributed by atoms with Crippen molar-refractivity contribution >= 4 is 29.9 Å². The van der Waals surface area contributed by atoms with Crippen molar-refractivity contribution in [2.45, 2.75) is 26.9 Å². The van der Waals surface area contributed by atoms with Crippen molar-refractivity contribution in [3.05, 3.63) is 35.4 Å². The zero-order chi connectivity index (χ0) is 17.3. The zero-order valence-electron chi connectivity index (χ0n) is 14.0. The molecule has 1 aromatic rings. The van der Waals surface area contributed by atoms with Crippen LogP contribution in [0.1, 0.15) is 31.9 Å². The molecule has 2 N–H and O–H groups in total. The maximum absolute atomic E-state index is 12.6. The number of halogens is 4. The highest BCUT2D eigenvalue weighted by atomic mass is 127.